The van der Waals surface area contributed by atoms with Crippen LogP contribution in [-0.2, 0) is 16.6 Å². The number of benzene rings is 3. The van der Waals surface area contributed by atoms with Crippen LogP contribution in [0.3, 0.4) is 0 Å². The minimum atomic E-state index is -1.19. The van der Waals surface area contributed by atoms with Crippen LogP contribution in [0.5, 0.6) is 0 Å². The molecule has 0 saturated carbocycles. The molecule has 0 fully saturated rings. The van der Waals surface area contributed by atoms with Crippen molar-refractivity contribution in [2.45, 2.75) is 30.5 Å². The second-order valence-electron chi connectivity index (χ2n) is 7.51. The summed E-state index contributed by atoms with van der Waals surface area (Å²) in [6.07, 6.45) is 0. The topological polar surface area (TPSA) is 72.2 Å². The third kappa shape index (κ3) is 5.03. The molecule has 3 aromatic carbocycles. The number of nitrogens with zero attached hydrogens (tertiary/aromatic N) is 1. The fourth-order valence-corrected chi connectivity index (χ4v) is 4.48. The largest absolute Gasteiger partial charge is 0.441 e. The highest BCUT2D eigenvalue weighted by atomic mass is 32.2. The van der Waals surface area contributed by atoms with E-state index in [1.54, 1.807) is 12.1 Å². The quantitative estimate of drug-likeness (QED) is 0.411. The van der Waals surface area contributed by atoms with Gasteiger partial charge in [0.25, 0.3) is 5.91 Å². The zero-order valence-corrected chi connectivity index (χ0v) is 18.8. The van der Waals surface area contributed by atoms with Gasteiger partial charge in [-0.25, -0.2) is 4.98 Å². The monoisotopic (exact) mass is 444 g/mol. The van der Waals surface area contributed by atoms with Crippen molar-refractivity contribution < 1.29 is 13.4 Å². The molecule has 0 aliphatic heterocycles. The summed E-state index contributed by atoms with van der Waals surface area (Å²) < 4.78 is 18.4. The van der Waals surface area contributed by atoms with Gasteiger partial charge in [0, 0.05) is 16.0 Å². The fourth-order valence-electron chi connectivity index (χ4n) is 3.33. The normalized spacial score (nSPS) is 12.8. The van der Waals surface area contributed by atoms with Crippen LogP contribution in [0.1, 0.15) is 40.3 Å². The Morgan fingerprint density at radius 2 is 1.59 bits per heavy atom. The molecule has 162 valence electrons. The molecule has 0 radical (unpaired) electrons. The molecule has 0 aliphatic rings. The van der Waals surface area contributed by atoms with E-state index >= 15 is 0 Å². The van der Waals surface area contributed by atoms with Crippen LogP contribution in [0.2, 0.25) is 0 Å². The molecule has 0 bridgehead atoms. The molecule has 0 saturated heterocycles. The highest BCUT2D eigenvalue weighted by Gasteiger charge is 2.16. The number of amides is 1. The molecule has 1 aromatic heterocycles. The van der Waals surface area contributed by atoms with Crippen molar-refractivity contribution >= 4 is 16.7 Å². The molecule has 5 nitrogen and oxygen atoms in total. The summed E-state index contributed by atoms with van der Waals surface area (Å²) in [7, 11) is -1.19. The lowest BCUT2D eigenvalue weighted by atomic mass is 10.1. The molecule has 1 heterocycles. The van der Waals surface area contributed by atoms with Gasteiger partial charge >= 0.3 is 0 Å². The Balaban J connectivity index is 1.44. The van der Waals surface area contributed by atoms with Crippen molar-refractivity contribution in [3.05, 3.63) is 108 Å². The van der Waals surface area contributed by atoms with E-state index in [1.807, 2.05) is 86.6 Å². The Morgan fingerprint density at radius 3 is 2.25 bits per heavy atom. The van der Waals surface area contributed by atoms with Gasteiger partial charge in [0.2, 0.25) is 5.89 Å². The lowest BCUT2D eigenvalue weighted by Gasteiger charge is -2.14. The van der Waals surface area contributed by atoms with Gasteiger partial charge in [0.05, 0.1) is 28.3 Å². The Bertz CT molecular complexity index is 1220. The van der Waals surface area contributed by atoms with Crippen LogP contribution in [0.25, 0.3) is 11.5 Å². The Kier molecular flexibility index (Phi) is 6.61. The predicted molar refractivity (Wildman–Crippen MR) is 126 cm³/mol. The average Bonchev–Trinajstić information content (AvgIpc) is 3.20. The van der Waals surface area contributed by atoms with Crippen molar-refractivity contribution in [3.8, 4) is 11.5 Å². The smallest absolute Gasteiger partial charge is 0.251 e. The van der Waals surface area contributed by atoms with Gasteiger partial charge in [0.15, 0.2) is 0 Å². The van der Waals surface area contributed by atoms with Crippen LogP contribution < -0.4 is 5.32 Å². The van der Waals surface area contributed by atoms with Crippen LogP contribution in [-0.4, -0.2) is 15.1 Å². The summed E-state index contributed by atoms with van der Waals surface area (Å²) in [6.45, 7) is 3.78. The molecular formula is C26H24N2O3S. The summed E-state index contributed by atoms with van der Waals surface area (Å²) in [6, 6.07) is 26.2. The minimum Gasteiger partial charge on any atom is -0.441 e. The van der Waals surface area contributed by atoms with Gasteiger partial charge in [0.1, 0.15) is 5.76 Å². The highest BCUT2D eigenvalue weighted by molar-refractivity contribution is 7.84. The van der Waals surface area contributed by atoms with Crippen molar-refractivity contribution in [2.24, 2.45) is 0 Å². The van der Waals surface area contributed by atoms with E-state index in [0.29, 0.717) is 22.9 Å². The second-order valence-corrected chi connectivity index (χ2v) is 8.96. The molecule has 0 aliphatic carbocycles. The van der Waals surface area contributed by atoms with Gasteiger partial charge in [-0.2, -0.15) is 0 Å². The maximum absolute atomic E-state index is 12.6. The van der Waals surface area contributed by atoms with E-state index in [-0.39, 0.29) is 17.7 Å². The zero-order chi connectivity index (χ0) is 22.5. The van der Waals surface area contributed by atoms with E-state index in [0.717, 1.165) is 16.0 Å². The van der Waals surface area contributed by atoms with Crippen LogP contribution in [0.4, 0.5) is 0 Å². The Morgan fingerprint density at radius 1 is 0.969 bits per heavy atom. The maximum Gasteiger partial charge on any atom is 0.251 e. The first-order chi connectivity index (χ1) is 15.5. The van der Waals surface area contributed by atoms with E-state index < -0.39 is 10.8 Å². The summed E-state index contributed by atoms with van der Waals surface area (Å²) in [4.78, 5) is 17.9. The Labute approximate surface area is 190 Å². The number of oxazole rings is 1. The Hall–Kier alpha value is -3.51. The lowest BCUT2D eigenvalue weighted by molar-refractivity contribution is 0.0940. The lowest BCUT2D eigenvalue weighted by Crippen LogP contribution is -2.26. The number of carbonyl (C=O) groups excluding carboxylic acids is 1. The molecule has 2 atom stereocenters. The van der Waals surface area contributed by atoms with Gasteiger partial charge in [-0.1, -0.05) is 48.5 Å². The summed E-state index contributed by atoms with van der Waals surface area (Å²) in [5.41, 5.74) is 3.04. The van der Waals surface area contributed by atoms with Gasteiger partial charge in [-0.3, -0.25) is 9.00 Å². The number of rotatable bonds is 7. The standard InChI is InChI=1S/C26H24N2O3S/c1-18(20-9-5-3-6-10-20)27-25(29)21-13-15-22(16-14-21)26-28-24(19(2)31-26)17-32(30)23-11-7-4-8-12-23/h3-16,18H,17H2,1-2H3,(H,27,29)/t18-,32+/m1/s1. The number of aromatic nitrogens is 1. The second kappa shape index (κ2) is 9.75. The van der Waals surface area contributed by atoms with E-state index in [1.165, 1.54) is 0 Å². The highest BCUT2D eigenvalue weighted by Crippen LogP contribution is 2.24. The van der Waals surface area contributed by atoms with E-state index in [2.05, 4.69) is 10.3 Å². The van der Waals surface area contributed by atoms with E-state index in [4.69, 9.17) is 4.42 Å². The number of aryl methyl sites for hydroxylation is 1. The number of hydrogen-bond acceptors (Lipinski definition) is 4. The number of hydrogen-bond donors (Lipinski definition) is 1. The van der Waals surface area contributed by atoms with Crippen LogP contribution in [0, 0.1) is 6.92 Å². The van der Waals surface area contributed by atoms with Crippen molar-refractivity contribution in [2.75, 3.05) is 0 Å². The zero-order valence-electron chi connectivity index (χ0n) is 17.9. The fraction of sp³-hybridized carbons (Fsp3) is 0.154. The van der Waals surface area contributed by atoms with Crippen LogP contribution >= 0.6 is 0 Å². The average molecular weight is 445 g/mol. The van der Waals surface area contributed by atoms with Crippen molar-refractivity contribution in [1.82, 2.24) is 10.3 Å². The van der Waals surface area contributed by atoms with Gasteiger partial charge in [-0.15, -0.1) is 0 Å². The summed E-state index contributed by atoms with van der Waals surface area (Å²) >= 11 is 0. The van der Waals surface area contributed by atoms with Crippen molar-refractivity contribution in [1.29, 1.82) is 0 Å². The third-order valence-corrected chi connectivity index (χ3v) is 6.54. The molecule has 1 N–H and O–H groups in total. The third-order valence-electron chi connectivity index (χ3n) is 5.21. The first-order valence-corrected chi connectivity index (χ1v) is 11.7. The molecule has 0 spiro atoms. The molecular weight excluding hydrogens is 420 g/mol. The summed E-state index contributed by atoms with van der Waals surface area (Å²) in [5.74, 6) is 1.24. The molecule has 0 unspecified atom stereocenters. The van der Waals surface area contributed by atoms with Crippen LogP contribution in [0.15, 0.2) is 94.2 Å². The van der Waals surface area contributed by atoms with E-state index in [9.17, 15) is 9.00 Å². The molecule has 4 aromatic rings. The SMILES string of the molecule is Cc1oc(-c2ccc(C(=O)N[C@H](C)c3ccccc3)cc2)nc1C[S@](=O)c1ccccc1. The summed E-state index contributed by atoms with van der Waals surface area (Å²) in [5, 5.41) is 3.01. The first kappa shape index (κ1) is 21.7. The van der Waals surface area contributed by atoms with Gasteiger partial charge in [-0.05, 0) is 55.8 Å². The molecule has 1 amide bonds. The van der Waals surface area contributed by atoms with Gasteiger partial charge < -0.3 is 9.73 Å². The molecule has 6 heteroatoms. The van der Waals surface area contributed by atoms with Crippen molar-refractivity contribution in [3.63, 3.8) is 0 Å². The minimum absolute atomic E-state index is 0.0918. The number of nitrogens with one attached hydrogen (secondary N) is 1. The maximum atomic E-state index is 12.6. The predicted octanol–water partition coefficient (Wildman–Crippen LogP) is 5.45. The first-order valence-electron chi connectivity index (χ1n) is 10.4. The molecule has 32 heavy (non-hydrogen) atoms. The number of carbonyl (C=O) groups is 1. The molecule has 4 rings (SSSR count).